The van der Waals surface area contributed by atoms with Crippen LogP contribution in [0.4, 0.5) is 0 Å². The Kier molecular flexibility index (Phi) is 2.47. The zero-order chi connectivity index (χ0) is 10.8. The molecule has 80 valence electrons. The largest absolute Gasteiger partial charge is 0.504 e. The van der Waals surface area contributed by atoms with Crippen molar-refractivity contribution in [2.75, 3.05) is 13.1 Å². The molecule has 15 heavy (non-hydrogen) atoms. The molecule has 0 saturated carbocycles. The maximum Gasteiger partial charge on any atom is 0.157 e. The second-order valence-corrected chi connectivity index (χ2v) is 3.34. The number of amidine groups is 1. The molecule has 0 amide bonds. The molecule has 1 heterocycles. The highest BCUT2D eigenvalue weighted by atomic mass is 16.3. The van der Waals surface area contributed by atoms with Crippen molar-refractivity contribution in [2.45, 2.75) is 6.10 Å². The van der Waals surface area contributed by atoms with E-state index in [1.165, 1.54) is 12.1 Å². The summed E-state index contributed by atoms with van der Waals surface area (Å²) in [5.74, 6) is 0.0532. The normalized spacial score (nSPS) is 17.0. The SMILES string of the molecule is Oc1ccc([C@H](O)C2=NCCN2)cc1O. The molecule has 0 aromatic heterocycles. The van der Waals surface area contributed by atoms with Crippen LogP contribution in [-0.4, -0.2) is 34.2 Å². The van der Waals surface area contributed by atoms with Crippen LogP contribution in [0.15, 0.2) is 23.2 Å². The average Bonchev–Trinajstić information content (AvgIpc) is 2.74. The summed E-state index contributed by atoms with van der Waals surface area (Å²) >= 11 is 0. The molecule has 5 nitrogen and oxygen atoms in total. The monoisotopic (exact) mass is 208 g/mol. The van der Waals surface area contributed by atoms with E-state index in [-0.39, 0.29) is 11.5 Å². The van der Waals surface area contributed by atoms with Crippen molar-refractivity contribution in [3.8, 4) is 11.5 Å². The molecule has 0 saturated heterocycles. The van der Waals surface area contributed by atoms with Crippen LogP contribution < -0.4 is 5.32 Å². The number of rotatable bonds is 2. The molecular weight excluding hydrogens is 196 g/mol. The molecule has 1 atom stereocenters. The quantitative estimate of drug-likeness (QED) is 0.520. The van der Waals surface area contributed by atoms with Gasteiger partial charge in [-0.3, -0.25) is 4.99 Å². The smallest absolute Gasteiger partial charge is 0.157 e. The molecule has 2 rings (SSSR count). The number of benzene rings is 1. The lowest BCUT2D eigenvalue weighted by molar-refractivity contribution is 0.243. The molecule has 0 spiro atoms. The number of phenolic OH excluding ortho intramolecular Hbond substituents is 2. The number of nitrogens with zero attached hydrogens (tertiary/aromatic N) is 1. The minimum atomic E-state index is -0.876. The molecular formula is C10H12N2O3. The molecule has 1 aliphatic rings. The number of aliphatic hydroxyl groups is 1. The van der Waals surface area contributed by atoms with Crippen LogP contribution in [0.5, 0.6) is 11.5 Å². The summed E-state index contributed by atoms with van der Waals surface area (Å²) in [5.41, 5.74) is 0.499. The van der Waals surface area contributed by atoms with Gasteiger partial charge in [-0.05, 0) is 17.7 Å². The second kappa shape index (κ2) is 3.78. The zero-order valence-electron chi connectivity index (χ0n) is 8.01. The van der Waals surface area contributed by atoms with Crippen molar-refractivity contribution in [2.24, 2.45) is 4.99 Å². The van der Waals surface area contributed by atoms with Crippen LogP contribution in [-0.2, 0) is 0 Å². The van der Waals surface area contributed by atoms with Crippen LogP contribution >= 0.6 is 0 Å². The second-order valence-electron chi connectivity index (χ2n) is 3.34. The summed E-state index contributed by atoms with van der Waals surface area (Å²) in [4.78, 5) is 4.08. The summed E-state index contributed by atoms with van der Waals surface area (Å²) in [6.07, 6.45) is -0.876. The number of aliphatic imine (C=N–C) groups is 1. The first kappa shape index (κ1) is 9.79. The summed E-state index contributed by atoms with van der Waals surface area (Å²) < 4.78 is 0. The highest BCUT2D eigenvalue weighted by Gasteiger charge is 2.18. The average molecular weight is 208 g/mol. The Labute approximate surface area is 86.7 Å². The molecule has 0 fully saturated rings. The fourth-order valence-electron chi connectivity index (χ4n) is 1.47. The summed E-state index contributed by atoms with van der Waals surface area (Å²) in [6.45, 7) is 1.37. The molecule has 5 heteroatoms. The molecule has 0 aliphatic carbocycles. The van der Waals surface area contributed by atoms with Gasteiger partial charge in [-0.15, -0.1) is 0 Å². The van der Waals surface area contributed by atoms with Gasteiger partial charge in [0, 0.05) is 6.54 Å². The first-order chi connectivity index (χ1) is 7.18. The molecule has 1 aromatic carbocycles. The Bertz CT molecular complexity index is 404. The van der Waals surface area contributed by atoms with Gasteiger partial charge in [0.05, 0.1) is 6.54 Å². The summed E-state index contributed by atoms with van der Waals surface area (Å²) in [5, 5.41) is 31.2. The van der Waals surface area contributed by atoms with Crippen LogP contribution in [0, 0.1) is 0 Å². The number of nitrogens with one attached hydrogen (secondary N) is 1. The van der Waals surface area contributed by atoms with Gasteiger partial charge in [-0.1, -0.05) is 6.07 Å². The van der Waals surface area contributed by atoms with Crippen LogP contribution in [0.3, 0.4) is 0 Å². The number of phenols is 2. The van der Waals surface area contributed by atoms with Gasteiger partial charge in [-0.2, -0.15) is 0 Å². The third-order valence-corrected chi connectivity index (χ3v) is 2.27. The highest BCUT2D eigenvalue weighted by molar-refractivity contribution is 5.88. The van der Waals surface area contributed by atoms with E-state index in [0.29, 0.717) is 17.9 Å². The Morgan fingerprint density at radius 3 is 2.67 bits per heavy atom. The van der Waals surface area contributed by atoms with Crippen LogP contribution in [0.2, 0.25) is 0 Å². The summed E-state index contributed by atoms with van der Waals surface area (Å²) in [6, 6.07) is 4.20. The fourth-order valence-corrected chi connectivity index (χ4v) is 1.47. The van der Waals surface area contributed by atoms with Gasteiger partial charge < -0.3 is 20.6 Å². The molecule has 1 aliphatic heterocycles. The van der Waals surface area contributed by atoms with E-state index in [2.05, 4.69) is 10.3 Å². The Balaban J connectivity index is 2.25. The first-order valence-electron chi connectivity index (χ1n) is 4.66. The Morgan fingerprint density at radius 1 is 1.27 bits per heavy atom. The van der Waals surface area contributed by atoms with E-state index in [1.54, 1.807) is 6.07 Å². The summed E-state index contributed by atoms with van der Waals surface area (Å²) in [7, 11) is 0. The predicted molar refractivity (Wildman–Crippen MR) is 55.0 cm³/mol. The van der Waals surface area contributed by atoms with Gasteiger partial charge in [0.1, 0.15) is 11.9 Å². The molecule has 4 N–H and O–H groups in total. The van der Waals surface area contributed by atoms with E-state index >= 15 is 0 Å². The molecule has 1 aromatic rings. The fraction of sp³-hybridized carbons (Fsp3) is 0.300. The van der Waals surface area contributed by atoms with Gasteiger partial charge in [0.2, 0.25) is 0 Å². The van der Waals surface area contributed by atoms with E-state index in [4.69, 9.17) is 5.11 Å². The first-order valence-corrected chi connectivity index (χ1v) is 4.66. The molecule has 0 bridgehead atoms. The predicted octanol–water partition coefficient (Wildman–Crippen LogP) is 0.133. The Morgan fingerprint density at radius 2 is 2.07 bits per heavy atom. The maximum absolute atomic E-state index is 9.85. The minimum absolute atomic E-state index is 0.202. The highest BCUT2D eigenvalue weighted by Crippen LogP contribution is 2.28. The molecule has 0 unspecified atom stereocenters. The number of hydrogen-bond acceptors (Lipinski definition) is 5. The lowest BCUT2D eigenvalue weighted by Crippen LogP contribution is -2.25. The van der Waals surface area contributed by atoms with Crippen molar-refractivity contribution >= 4 is 5.84 Å². The third kappa shape index (κ3) is 1.87. The van der Waals surface area contributed by atoms with Gasteiger partial charge in [0.25, 0.3) is 0 Å². The maximum atomic E-state index is 9.85. The lowest BCUT2D eigenvalue weighted by Gasteiger charge is -2.12. The molecule has 0 radical (unpaired) electrons. The van der Waals surface area contributed by atoms with E-state index in [0.717, 1.165) is 6.54 Å². The third-order valence-electron chi connectivity index (χ3n) is 2.27. The van der Waals surface area contributed by atoms with Gasteiger partial charge in [0.15, 0.2) is 11.5 Å². The number of aromatic hydroxyl groups is 2. The van der Waals surface area contributed by atoms with E-state index in [1.807, 2.05) is 0 Å². The standard InChI is InChI=1S/C10H12N2O3/c13-7-2-1-6(5-8(7)14)9(15)10-11-3-4-12-10/h1-2,5,9,13-15H,3-4H2,(H,11,12)/t9-/m0/s1. The van der Waals surface area contributed by atoms with Gasteiger partial charge >= 0.3 is 0 Å². The van der Waals surface area contributed by atoms with Crippen molar-refractivity contribution in [3.63, 3.8) is 0 Å². The van der Waals surface area contributed by atoms with Crippen molar-refractivity contribution in [1.82, 2.24) is 5.32 Å². The Hall–Kier alpha value is -1.75. The van der Waals surface area contributed by atoms with Crippen molar-refractivity contribution < 1.29 is 15.3 Å². The minimum Gasteiger partial charge on any atom is -0.504 e. The topological polar surface area (TPSA) is 85.1 Å². The van der Waals surface area contributed by atoms with Crippen LogP contribution in [0.1, 0.15) is 11.7 Å². The zero-order valence-corrected chi connectivity index (χ0v) is 8.01. The van der Waals surface area contributed by atoms with E-state index < -0.39 is 6.10 Å². The number of hydrogen-bond donors (Lipinski definition) is 4. The lowest BCUT2D eigenvalue weighted by atomic mass is 10.1. The van der Waals surface area contributed by atoms with Crippen molar-refractivity contribution in [1.29, 1.82) is 0 Å². The van der Waals surface area contributed by atoms with Gasteiger partial charge in [-0.25, -0.2) is 0 Å². The number of aliphatic hydroxyl groups excluding tert-OH is 1. The van der Waals surface area contributed by atoms with Crippen molar-refractivity contribution in [3.05, 3.63) is 23.8 Å². The van der Waals surface area contributed by atoms with Crippen LogP contribution in [0.25, 0.3) is 0 Å². The van der Waals surface area contributed by atoms with E-state index in [9.17, 15) is 10.2 Å².